The summed E-state index contributed by atoms with van der Waals surface area (Å²) in [7, 11) is 0. The zero-order valence-electron chi connectivity index (χ0n) is 39.6. The maximum atomic E-state index is 5.62. The highest BCUT2D eigenvalue weighted by molar-refractivity contribution is 6.13. The number of aromatic nitrogens is 1. The molecule has 0 saturated heterocycles. The van der Waals surface area contributed by atoms with Crippen molar-refractivity contribution in [3.63, 3.8) is 0 Å². The van der Waals surface area contributed by atoms with Gasteiger partial charge in [0.05, 0.1) is 17.1 Å². The SMILES string of the molecule is C1=C(c2cc(-c3ccccc3)cc(-c3ccccc3)c2)NC(c2ccccc2)N=C1c1ccc(-c2ccc(-c3c(-c4ccccc4)c(-c4ccccc4)nc(-c4ccccc4)c3-c3ccccc3)cc2)cc1. The van der Waals surface area contributed by atoms with Crippen molar-refractivity contribution in [3.8, 4) is 89.3 Å². The highest BCUT2D eigenvalue weighted by Gasteiger charge is 2.26. The monoisotopic (exact) mass is 919 g/mol. The fourth-order valence-electron chi connectivity index (χ4n) is 9.95. The quantitative estimate of drug-likeness (QED) is 0.140. The molecule has 1 unspecified atom stereocenters. The van der Waals surface area contributed by atoms with Crippen LogP contribution in [-0.2, 0) is 0 Å². The summed E-state index contributed by atoms with van der Waals surface area (Å²) in [6.07, 6.45) is 1.94. The Labute approximate surface area is 421 Å². The van der Waals surface area contributed by atoms with Crippen LogP contribution in [-0.4, -0.2) is 10.7 Å². The molecule has 1 aliphatic heterocycles. The van der Waals surface area contributed by atoms with Crippen molar-refractivity contribution < 1.29 is 0 Å². The number of rotatable bonds is 11. The smallest absolute Gasteiger partial charge is 0.145 e. The first-order chi connectivity index (χ1) is 35.7. The molecular weight excluding hydrogens is 871 g/mol. The van der Waals surface area contributed by atoms with Crippen molar-refractivity contribution in [2.75, 3.05) is 0 Å². The summed E-state index contributed by atoms with van der Waals surface area (Å²) < 4.78 is 0. The highest BCUT2D eigenvalue weighted by Crippen LogP contribution is 2.49. The van der Waals surface area contributed by atoms with Gasteiger partial charge in [0.1, 0.15) is 6.17 Å². The Morgan fingerprint density at radius 2 is 0.583 bits per heavy atom. The first-order valence-electron chi connectivity index (χ1n) is 24.6. The second-order valence-corrected chi connectivity index (χ2v) is 18.1. The van der Waals surface area contributed by atoms with Gasteiger partial charge in [-0.05, 0) is 91.0 Å². The van der Waals surface area contributed by atoms with Crippen LogP contribution in [0.15, 0.2) is 290 Å². The van der Waals surface area contributed by atoms with Crippen molar-refractivity contribution in [1.82, 2.24) is 10.3 Å². The van der Waals surface area contributed by atoms with Gasteiger partial charge in [-0.2, -0.15) is 0 Å². The lowest BCUT2D eigenvalue weighted by Crippen LogP contribution is -2.24. The second-order valence-electron chi connectivity index (χ2n) is 18.1. The van der Waals surface area contributed by atoms with Gasteiger partial charge >= 0.3 is 0 Å². The van der Waals surface area contributed by atoms with Crippen LogP contribution in [0, 0.1) is 0 Å². The number of nitrogens with one attached hydrogen (secondary N) is 1. The summed E-state index contributed by atoms with van der Waals surface area (Å²) in [5, 5.41) is 3.82. The van der Waals surface area contributed by atoms with Crippen LogP contribution in [0.25, 0.3) is 95.0 Å². The zero-order chi connectivity index (χ0) is 48.1. The van der Waals surface area contributed by atoms with Gasteiger partial charge in [0.2, 0.25) is 0 Å². The van der Waals surface area contributed by atoms with E-state index < -0.39 is 0 Å². The molecule has 0 radical (unpaired) electrons. The standard InChI is InChI=1S/C69H49N3/c1-8-22-48(23-9-1)59-44-60(49-24-10-2-11-25-49)46-61(45-59)63-47-62(70-69(71-63)58-34-20-7-21-35-58)52-40-36-50(37-41-52)51-38-42-55(43-39-51)64-65(53-26-12-3-13-27-53)67(56-30-16-5-17-31-56)72-68(57-32-18-6-19-33-57)66(64)54-28-14-4-15-29-54/h1-47,69,71H. The largest absolute Gasteiger partial charge is 0.360 e. The molecular formula is C69H49N3. The molecule has 3 nitrogen and oxygen atoms in total. The van der Waals surface area contributed by atoms with Gasteiger partial charge in [0, 0.05) is 33.5 Å². The van der Waals surface area contributed by atoms with Gasteiger partial charge in [-0.1, -0.05) is 261 Å². The summed E-state index contributed by atoms with van der Waals surface area (Å²) in [4.78, 5) is 11.0. The third kappa shape index (κ3) is 8.99. The summed E-state index contributed by atoms with van der Waals surface area (Å²) in [5.74, 6) is 0. The Kier molecular flexibility index (Phi) is 12.1. The van der Waals surface area contributed by atoms with E-state index in [-0.39, 0.29) is 6.17 Å². The van der Waals surface area contributed by atoms with Gasteiger partial charge in [0.25, 0.3) is 0 Å². The maximum Gasteiger partial charge on any atom is 0.145 e. The number of hydrogen-bond donors (Lipinski definition) is 1. The molecule has 10 aromatic carbocycles. The van der Waals surface area contributed by atoms with Crippen molar-refractivity contribution in [2.24, 2.45) is 4.99 Å². The molecule has 340 valence electrons. The first-order valence-corrected chi connectivity index (χ1v) is 24.6. The van der Waals surface area contributed by atoms with Gasteiger partial charge < -0.3 is 5.32 Å². The number of benzene rings is 10. The van der Waals surface area contributed by atoms with Crippen molar-refractivity contribution in [3.05, 3.63) is 302 Å². The average molecular weight is 920 g/mol. The van der Waals surface area contributed by atoms with Crippen molar-refractivity contribution >= 4 is 11.4 Å². The van der Waals surface area contributed by atoms with E-state index in [0.29, 0.717) is 0 Å². The van der Waals surface area contributed by atoms with Gasteiger partial charge in [-0.3, -0.25) is 4.99 Å². The van der Waals surface area contributed by atoms with Crippen LogP contribution in [0.2, 0.25) is 0 Å². The van der Waals surface area contributed by atoms with E-state index in [0.717, 1.165) is 106 Å². The molecule has 1 N–H and O–H groups in total. The van der Waals surface area contributed by atoms with Crippen LogP contribution >= 0.6 is 0 Å². The normalized spacial score (nSPS) is 13.1. The Bertz CT molecular complexity index is 3530. The van der Waals surface area contributed by atoms with Gasteiger partial charge in [-0.25, -0.2) is 4.98 Å². The lowest BCUT2D eigenvalue weighted by Gasteiger charge is -2.25. The molecule has 1 atom stereocenters. The molecule has 1 aliphatic rings. The number of nitrogens with zero attached hydrogens (tertiary/aromatic N) is 2. The Morgan fingerprint density at radius 1 is 0.264 bits per heavy atom. The predicted octanol–water partition coefficient (Wildman–Crippen LogP) is 17.5. The molecule has 0 amide bonds. The topological polar surface area (TPSA) is 37.3 Å². The predicted molar refractivity (Wildman–Crippen MR) is 301 cm³/mol. The molecule has 0 fully saturated rings. The summed E-state index contributed by atoms with van der Waals surface area (Å²) in [5.41, 5.74) is 22.9. The van der Waals surface area contributed by atoms with E-state index in [9.17, 15) is 0 Å². The average Bonchev–Trinajstić information content (AvgIpc) is 3.48. The van der Waals surface area contributed by atoms with Crippen LogP contribution in [0.5, 0.6) is 0 Å². The fraction of sp³-hybridized carbons (Fsp3) is 0.0145. The lowest BCUT2D eigenvalue weighted by atomic mass is 9.83. The fourth-order valence-corrected chi connectivity index (χ4v) is 9.95. The minimum absolute atomic E-state index is 0.270. The van der Waals surface area contributed by atoms with Crippen LogP contribution in [0.3, 0.4) is 0 Å². The molecule has 2 heterocycles. The third-order valence-corrected chi connectivity index (χ3v) is 13.5. The van der Waals surface area contributed by atoms with E-state index in [1.165, 1.54) is 11.1 Å². The van der Waals surface area contributed by atoms with Crippen LogP contribution in [0.4, 0.5) is 0 Å². The minimum Gasteiger partial charge on any atom is -0.360 e. The Hall–Kier alpha value is -9.44. The summed E-state index contributed by atoms with van der Waals surface area (Å²) in [6, 6.07) is 99.2. The van der Waals surface area contributed by atoms with E-state index >= 15 is 0 Å². The number of allylic oxidation sites excluding steroid dienone is 1. The maximum absolute atomic E-state index is 5.62. The molecule has 1 aromatic heterocycles. The van der Waals surface area contributed by atoms with Crippen LogP contribution in [0.1, 0.15) is 22.9 Å². The van der Waals surface area contributed by atoms with E-state index in [1.54, 1.807) is 0 Å². The molecule has 72 heavy (non-hydrogen) atoms. The highest BCUT2D eigenvalue weighted by atomic mass is 15.1. The molecule has 3 heteroatoms. The number of hydrogen-bond acceptors (Lipinski definition) is 3. The van der Waals surface area contributed by atoms with E-state index in [4.69, 9.17) is 9.98 Å². The number of pyridine rings is 1. The Balaban J connectivity index is 0.956. The van der Waals surface area contributed by atoms with E-state index in [1.807, 2.05) is 0 Å². The zero-order valence-corrected chi connectivity index (χ0v) is 39.6. The first kappa shape index (κ1) is 43.8. The minimum atomic E-state index is -0.270. The summed E-state index contributed by atoms with van der Waals surface area (Å²) >= 11 is 0. The van der Waals surface area contributed by atoms with Crippen LogP contribution < -0.4 is 5.32 Å². The third-order valence-electron chi connectivity index (χ3n) is 13.5. The van der Waals surface area contributed by atoms with Gasteiger partial charge in [-0.15, -0.1) is 0 Å². The lowest BCUT2D eigenvalue weighted by molar-refractivity contribution is 0.664. The van der Waals surface area contributed by atoms with Gasteiger partial charge in [0.15, 0.2) is 0 Å². The molecule has 0 saturated carbocycles. The molecule has 0 bridgehead atoms. The molecule has 11 aromatic rings. The van der Waals surface area contributed by atoms with Crippen molar-refractivity contribution in [2.45, 2.75) is 6.17 Å². The Morgan fingerprint density at radius 3 is 1.01 bits per heavy atom. The van der Waals surface area contributed by atoms with E-state index in [2.05, 4.69) is 290 Å². The molecule has 12 rings (SSSR count). The molecule has 0 spiro atoms. The second kappa shape index (κ2) is 19.9. The molecule has 0 aliphatic carbocycles. The van der Waals surface area contributed by atoms with Crippen molar-refractivity contribution in [1.29, 1.82) is 0 Å². The summed E-state index contributed by atoms with van der Waals surface area (Å²) in [6.45, 7) is 0. The number of aliphatic imine (C=N–C) groups is 1.